The van der Waals surface area contributed by atoms with Gasteiger partial charge in [-0.05, 0) is 12.2 Å². The second-order valence-corrected chi connectivity index (χ2v) is 0.584. The molecule has 0 radical (unpaired) electrons. The first-order chi connectivity index (χ1) is 2.41. The van der Waals surface area contributed by atoms with Crippen LogP contribution < -0.4 is 0 Å². The van der Waals surface area contributed by atoms with Crippen LogP contribution in [0.2, 0.25) is 0 Å². The maximum absolute atomic E-state index is 7.75. The summed E-state index contributed by atoms with van der Waals surface area (Å²) in [6.07, 6.45) is 0. The molecule has 0 aliphatic rings. The number of hydrogen-bond acceptors (Lipinski definition) is 3. The zero-order valence-electron chi connectivity index (χ0n) is 2.55. The quantitative estimate of drug-likeness (QED) is 0.381. The first-order valence-electron chi connectivity index (χ1n) is 1.08. The predicted molar refractivity (Wildman–Crippen MR) is 21.8 cm³/mol. The van der Waals surface area contributed by atoms with Crippen LogP contribution in [0.15, 0.2) is 0 Å². The monoisotopic (exact) mass is 92.0 g/mol. The molecule has 0 spiro atoms. The van der Waals surface area contributed by atoms with E-state index in [4.69, 9.17) is 5.11 Å². The normalized spacial score (nSPS) is 6.60. The van der Waals surface area contributed by atoms with Gasteiger partial charge in [0.15, 0.2) is 6.79 Å². The van der Waals surface area contributed by atoms with Gasteiger partial charge in [-0.1, -0.05) is 0 Å². The molecule has 0 aliphatic heterocycles. The van der Waals surface area contributed by atoms with Crippen LogP contribution in [0.5, 0.6) is 0 Å². The minimum Gasteiger partial charge on any atom is -0.464 e. The average Bonchev–Trinajstić information content (AvgIpc) is 1.41. The van der Waals surface area contributed by atoms with Crippen LogP contribution >= 0.6 is 12.2 Å². The van der Waals surface area contributed by atoms with Crippen molar-refractivity contribution < 1.29 is 9.84 Å². The van der Waals surface area contributed by atoms with E-state index in [1.165, 1.54) is 0 Å². The second-order valence-electron chi connectivity index (χ2n) is 0.392. The van der Waals surface area contributed by atoms with Crippen molar-refractivity contribution in [2.45, 2.75) is 0 Å². The number of ether oxygens (including phenoxy) is 1. The van der Waals surface area contributed by atoms with Crippen LogP contribution in [0.3, 0.4) is 0 Å². The molecule has 0 aliphatic carbocycles. The van der Waals surface area contributed by atoms with Crippen LogP contribution in [0.1, 0.15) is 0 Å². The molecule has 5 heavy (non-hydrogen) atoms. The van der Waals surface area contributed by atoms with Gasteiger partial charge in [-0.15, -0.1) is 0 Å². The van der Waals surface area contributed by atoms with Crippen LogP contribution in [-0.4, -0.2) is 17.5 Å². The van der Waals surface area contributed by atoms with Crippen molar-refractivity contribution in [1.29, 1.82) is 0 Å². The summed E-state index contributed by atoms with van der Waals surface area (Å²) in [6, 6.07) is 0. The van der Waals surface area contributed by atoms with E-state index in [0.29, 0.717) is 0 Å². The van der Waals surface area contributed by atoms with Gasteiger partial charge in [-0.2, -0.15) is 0 Å². The summed E-state index contributed by atoms with van der Waals surface area (Å²) in [4.78, 5) is 0. The molecule has 0 unspecified atom stereocenters. The fourth-order valence-electron chi connectivity index (χ4n) is 0.0304. The zero-order chi connectivity index (χ0) is 4.12. The summed E-state index contributed by atoms with van der Waals surface area (Å²) in [5.74, 6) is 0. The molecule has 0 saturated heterocycles. The minimum atomic E-state index is -0.316. The molecule has 0 heterocycles. The van der Waals surface area contributed by atoms with E-state index in [2.05, 4.69) is 17.0 Å². The fraction of sp³-hybridized carbons (Fsp3) is 0.500. The lowest BCUT2D eigenvalue weighted by atomic mass is 11.4. The highest BCUT2D eigenvalue weighted by Gasteiger charge is 1.58. The molecule has 0 saturated carbocycles. The number of rotatable bonds is 2. The highest BCUT2D eigenvalue weighted by atomic mass is 32.1. The predicted octanol–water partition coefficient (Wildman–Crippen LogP) is -0.0900. The standard InChI is InChI=1S/C2H4O2S/c3-1-4-2-5/h2-3H,1H2. The number of thiocarbonyl (C=S) groups is 1. The van der Waals surface area contributed by atoms with E-state index in [9.17, 15) is 0 Å². The molecule has 0 bridgehead atoms. The molecule has 1 N–H and O–H groups in total. The van der Waals surface area contributed by atoms with E-state index in [0.717, 1.165) is 5.55 Å². The van der Waals surface area contributed by atoms with Gasteiger partial charge >= 0.3 is 0 Å². The highest BCUT2D eigenvalue weighted by Crippen LogP contribution is 1.55. The molecule has 0 aromatic rings. The summed E-state index contributed by atoms with van der Waals surface area (Å²) >= 11 is 4.14. The summed E-state index contributed by atoms with van der Waals surface area (Å²) in [7, 11) is 0. The Kier molecular flexibility index (Phi) is 3.73. The lowest BCUT2D eigenvalue weighted by Gasteiger charge is -1.82. The van der Waals surface area contributed by atoms with Gasteiger partial charge in [0.05, 0.1) is 0 Å². The van der Waals surface area contributed by atoms with Gasteiger partial charge in [0.1, 0.15) is 5.55 Å². The van der Waals surface area contributed by atoms with Crippen molar-refractivity contribution in [2.75, 3.05) is 6.79 Å². The third kappa shape index (κ3) is 3.85. The first-order valence-corrected chi connectivity index (χ1v) is 1.55. The van der Waals surface area contributed by atoms with Gasteiger partial charge in [0, 0.05) is 0 Å². The average molecular weight is 92.1 g/mol. The molecule has 0 fully saturated rings. The zero-order valence-corrected chi connectivity index (χ0v) is 3.36. The molecule has 3 heteroatoms. The molecule has 30 valence electrons. The minimum absolute atomic E-state index is 0.316. The van der Waals surface area contributed by atoms with Crippen molar-refractivity contribution in [1.82, 2.24) is 0 Å². The van der Waals surface area contributed by atoms with E-state index in [1.54, 1.807) is 0 Å². The summed E-state index contributed by atoms with van der Waals surface area (Å²) in [6.45, 7) is -0.316. The number of hydrogen-bond donors (Lipinski definition) is 1. The fourth-order valence-corrected chi connectivity index (χ4v) is 0.0913. The van der Waals surface area contributed by atoms with Gasteiger partial charge in [0.2, 0.25) is 0 Å². The molecular formula is C2H4O2S. The Balaban J connectivity index is 2.40. The third-order valence-corrected chi connectivity index (χ3v) is 0.279. The summed E-state index contributed by atoms with van der Waals surface area (Å²) < 4.78 is 4.08. The van der Waals surface area contributed by atoms with E-state index in [1.807, 2.05) is 0 Å². The molecule has 0 atom stereocenters. The Morgan fingerprint density at radius 1 is 2.00 bits per heavy atom. The second kappa shape index (κ2) is 3.85. The molecule has 0 aromatic heterocycles. The molecule has 2 nitrogen and oxygen atoms in total. The van der Waals surface area contributed by atoms with Crippen molar-refractivity contribution in [3.05, 3.63) is 0 Å². The summed E-state index contributed by atoms with van der Waals surface area (Å²) in [5, 5.41) is 7.75. The molecule has 0 amide bonds. The van der Waals surface area contributed by atoms with Crippen molar-refractivity contribution >= 4 is 17.8 Å². The van der Waals surface area contributed by atoms with E-state index >= 15 is 0 Å². The third-order valence-electron chi connectivity index (χ3n) is 0.143. The smallest absolute Gasteiger partial charge is 0.186 e. The Morgan fingerprint density at radius 3 is 2.60 bits per heavy atom. The van der Waals surface area contributed by atoms with Crippen molar-refractivity contribution in [2.24, 2.45) is 0 Å². The lowest BCUT2D eigenvalue weighted by molar-refractivity contribution is 0.0979. The lowest BCUT2D eigenvalue weighted by Crippen LogP contribution is -1.83. The van der Waals surface area contributed by atoms with Gasteiger partial charge in [-0.25, -0.2) is 0 Å². The van der Waals surface area contributed by atoms with E-state index < -0.39 is 0 Å². The van der Waals surface area contributed by atoms with Crippen molar-refractivity contribution in [3.63, 3.8) is 0 Å². The Bertz CT molecular complexity index is 28.8. The summed E-state index contributed by atoms with van der Waals surface area (Å²) in [5.41, 5.74) is 1.01. The van der Waals surface area contributed by atoms with Crippen molar-refractivity contribution in [3.8, 4) is 0 Å². The Hall–Kier alpha value is -0.150. The van der Waals surface area contributed by atoms with Crippen LogP contribution in [0, 0.1) is 0 Å². The largest absolute Gasteiger partial charge is 0.464 e. The number of aliphatic hydroxyl groups is 1. The highest BCUT2D eigenvalue weighted by molar-refractivity contribution is 7.78. The molecular weight excluding hydrogens is 88.1 g/mol. The Labute approximate surface area is 35.4 Å². The van der Waals surface area contributed by atoms with Gasteiger partial charge < -0.3 is 9.84 Å². The Morgan fingerprint density at radius 2 is 2.60 bits per heavy atom. The number of aliphatic hydroxyl groups excluding tert-OH is 1. The molecule has 0 rings (SSSR count). The maximum atomic E-state index is 7.75. The van der Waals surface area contributed by atoms with Crippen LogP contribution in [0.25, 0.3) is 0 Å². The SMILES string of the molecule is OCOC=S. The first kappa shape index (κ1) is 4.85. The molecule has 0 aromatic carbocycles. The van der Waals surface area contributed by atoms with Crippen LogP contribution in [0.4, 0.5) is 0 Å². The van der Waals surface area contributed by atoms with Gasteiger partial charge in [0.25, 0.3) is 0 Å². The van der Waals surface area contributed by atoms with Gasteiger partial charge in [-0.3, -0.25) is 0 Å². The topological polar surface area (TPSA) is 29.5 Å². The van der Waals surface area contributed by atoms with Crippen LogP contribution in [-0.2, 0) is 4.74 Å². The van der Waals surface area contributed by atoms with E-state index in [-0.39, 0.29) is 6.79 Å². The maximum Gasteiger partial charge on any atom is 0.186 e.